The van der Waals surface area contributed by atoms with Crippen molar-refractivity contribution in [2.75, 3.05) is 0 Å². The van der Waals surface area contributed by atoms with Crippen LogP contribution in [0.5, 0.6) is 0 Å². The van der Waals surface area contributed by atoms with Crippen molar-refractivity contribution in [2.45, 2.75) is 83.5 Å². The zero-order valence-electron chi connectivity index (χ0n) is 19.2. The van der Waals surface area contributed by atoms with Crippen LogP contribution in [0.15, 0.2) is 54.6 Å². The highest BCUT2D eigenvalue weighted by atomic mass is 16.4. The molecule has 0 aliphatic rings. The third kappa shape index (κ3) is 5.59. The van der Waals surface area contributed by atoms with Gasteiger partial charge in [0.25, 0.3) is 0 Å². The van der Waals surface area contributed by atoms with E-state index < -0.39 is 5.97 Å². The first-order chi connectivity index (χ1) is 15.7. The summed E-state index contributed by atoms with van der Waals surface area (Å²) in [5.74, 6) is -0.663. The minimum Gasteiger partial charge on any atom is -0.481 e. The van der Waals surface area contributed by atoms with Crippen molar-refractivity contribution >= 4 is 38.3 Å². The van der Waals surface area contributed by atoms with Crippen molar-refractivity contribution in [1.29, 1.82) is 0 Å². The molecular weight excluding hydrogens is 392 g/mol. The normalized spacial score (nSPS) is 11.8. The molecule has 0 radical (unpaired) electrons. The molecule has 0 saturated heterocycles. The van der Waals surface area contributed by atoms with Gasteiger partial charge in [0.1, 0.15) is 0 Å². The van der Waals surface area contributed by atoms with E-state index in [0.717, 1.165) is 12.8 Å². The molecule has 4 aromatic carbocycles. The first-order valence-electron chi connectivity index (χ1n) is 12.6. The molecule has 0 saturated carbocycles. The highest BCUT2D eigenvalue weighted by Gasteiger charge is 2.10. The van der Waals surface area contributed by atoms with E-state index in [1.54, 1.807) is 0 Å². The second-order valence-electron chi connectivity index (χ2n) is 9.36. The van der Waals surface area contributed by atoms with Crippen molar-refractivity contribution in [1.82, 2.24) is 0 Å². The van der Waals surface area contributed by atoms with Crippen molar-refractivity contribution < 1.29 is 9.90 Å². The Bertz CT molecular complexity index is 1130. The maximum absolute atomic E-state index is 10.5. The fourth-order valence-electron chi connectivity index (χ4n) is 5.20. The van der Waals surface area contributed by atoms with E-state index in [1.807, 2.05) is 0 Å². The smallest absolute Gasteiger partial charge is 0.303 e. The lowest BCUT2D eigenvalue weighted by molar-refractivity contribution is -0.137. The van der Waals surface area contributed by atoms with E-state index in [4.69, 9.17) is 5.11 Å². The molecule has 4 aromatic rings. The Kier molecular flexibility index (Phi) is 7.98. The Hall–Kier alpha value is -2.61. The van der Waals surface area contributed by atoms with Gasteiger partial charge in [0.15, 0.2) is 0 Å². The van der Waals surface area contributed by atoms with E-state index in [0.29, 0.717) is 6.42 Å². The van der Waals surface area contributed by atoms with E-state index in [2.05, 4.69) is 54.6 Å². The largest absolute Gasteiger partial charge is 0.481 e. The summed E-state index contributed by atoms with van der Waals surface area (Å²) in [5.41, 5.74) is 1.50. The Morgan fingerprint density at radius 3 is 1.69 bits per heavy atom. The van der Waals surface area contributed by atoms with E-state index in [1.165, 1.54) is 102 Å². The number of carboxylic acid groups (broad SMARTS) is 1. The zero-order valence-corrected chi connectivity index (χ0v) is 19.2. The van der Waals surface area contributed by atoms with Gasteiger partial charge in [0.2, 0.25) is 0 Å². The molecular formula is C30H36O2. The first-order valence-corrected chi connectivity index (χ1v) is 12.6. The van der Waals surface area contributed by atoms with Crippen LogP contribution < -0.4 is 0 Å². The fraction of sp³-hybridized carbons (Fsp3) is 0.433. The number of aryl methyl sites for hydroxylation is 1. The molecule has 0 bridgehead atoms. The molecule has 2 heteroatoms. The molecule has 0 aromatic heterocycles. The van der Waals surface area contributed by atoms with Gasteiger partial charge in [-0.25, -0.2) is 0 Å². The molecule has 1 N–H and O–H groups in total. The predicted molar refractivity (Wildman–Crippen MR) is 137 cm³/mol. The summed E-state index contributed by atoms with van der Waals surface area (Å²) in [6, 6.07) is 20.4. The second kappa shape index (κ2) is 11.3. The minimum absolute atomic E-state index is 0.328. The Balaban J connectivity index is 1.18. The lowest BCUT2D eigenvalue weighted by atomic mass is 9.90. The van der Waals surface area contributed by atoms with E-state index in [9.17, 15) is 4.79 Å². The third-order valence-corrected chi connectivity index (χ3v) is 6.96. The van der Waals surface area contributed by atoms with Gasteiger partial charge < -0.3 is 5.11 Å². The van der Waals surface area contributed by atoms with Crippen LogP contribution in [0.3, 0.4) is 0 Å². The van der Waals surface area contributed by atoms with Crippen molar-refractivity contribution in [3.05, 3.63) is 60.2 Å². The van der Waals surface area contributed by atoms with Crippen LogP contribution in [-0.4, -0.2) is 11.1 Å². The molecule has 2 nitrogen and oxygen atoms in total. The van der Waals surface area contributed by atoms with Crippen LogP contribution in [0.4, 0.5) is 0 Å². The van der Waals surface area contributed by atoms with Gasteiger partial charge in [-0.3, -0.25) is 4.79 Å². The van der Waals surface area contributed by atoms with E-state index in [-0.39, 0.29) is 0 Å². The molecule has 32 heavy (non-hydrogen) atoms. The van der Waals surface area contributed by atoms with Gasteiger partial charge in [-0.1, -0.05) is 112 Å². The number of carboxylic acids is 1. The molecule has 0 fully saturated rings. The van der Waals surface area contributed by atoms with E-state index >= 15 is 0 Å². The Morgan fingerprint density at radius 1 is 0.562 bits per heavy atom. The fourth-order valence-corrected chi connectivity index (χ4v) is 5.20. The highest BCUT2D eigenvalue weighted by molar-refractivity contribution is 6.23. The van der Waals surface area contributed by atoms with Crippen molar-refractivity contribution in [3.63, 3.8) is 0 Å². The van der Waals surface area contributed by atoms with Gasteiger partial charge in [0.05, 0.1) is 0 Å². The average molecular weight is 429 g/mol. The molecule has 0 aliphatic heterocycles. The maximum atomic E-state index is 10.5. The SMILES string of the molecule is O=C(O)CCCCCCCCCCCCCc1ccc2ccc3cccc4ccc1c2c34. The summed E-state index contributed by atoms with van der Waals surface area (Å²) in [7, 11) is 0. The summed E-state index contributed by atoms with van der Waals surface area (Å²) in [6.07, 6.45) is 15.1. The van der Waals surface area contributed by atoms with Gasteiger partial charge in [0, 0.05) is 6.42 Å². The average Bonchev–Trinajstić information content (AvgIpc) is 2.81. The van der Waals surface area contributed by atoms with Crippen molar-refractivity contribution in [3.8, 4) is 0 Å². The molecule has 0 aliphatic carbocycles. The predicted octanol–water partition coefficient (Wildman–Crippen LogP) is 8.89. The Morgan fingerprint density at radius 2 is 1.06 bits per heavy atom. The molecule has 4 rings (SSSR count). The lowest BCUT2D eigenvalue weighted by Gasteiger charge is -2.14. The number of benzene rings is 4. The van der Waals surface area contributed by atoms with Crippen LogP contribution in [0.1, 0.15) is 82.6 Å². The molecule has 0 heterocycles. The minimum atomic E-state index is -0.663. The van der Waals surface area contributed by atoms with Gasteiger partial charge >= 0.3 is 5.97 Å². The van der Waals surface area contributed by atoms with Crippen LogP contribution >= 0.6 is 0 Å². The number of hydrogen-bond acceptors (Lipinski definition) is 1. The van der Waals surface area contributed by atoms with Gasteiger partial charge in [-0.2, -0.15) is 0 Å². The molecule has 0 amide bonds. The quantitative estimate of drug-likeness (QED) is 0.161. The number of aliphatic carboxylic acids is 1. The number of unbranched alkanes of at least 4 members (excludes halogenated alkanes) is 10. The topological polar surface area (TPSA) is 37.3 Å². The van der Waals surface area contributed by atoms with Crippen molar-refractivity contribution in [2.24, 2.45) is 0 Å². The zero-order chi connectivity index (χ0) is 22.2. The second-order valence-corrected chi connectivity index (χ2v) is 9.36. The third-order valence-electron chi connectivity index (χ3n) is 6.96. The molecule has 0 spiro atoms. The number of rotatable bonds is 14. The highest BCUT2D eigenvalue weighted by Crippen LogP contribution is 2.36. The Labute approximate surface area is 192 Å². The lowest BCUT2D eigenvalue weighted by Crippen LogP contribution is -1.93. The monoisotopic (exact) mass is 428 g/mol. The first kappa shape index (κ1) is 22.6. The molecule has 168 valence electrons. The van der Waals surface area contributed by atoms with Crippen LogP contribution in [0.2, 0.25) is 0 Å². The van der Waals surface area contributed by atoms with Gasteiger partial charge in [-0.15, -0.1) is 0 Å². The summed E-state index contributed by atoms with van der Waals surface area (Å²) < 4.78 is 0. The maximum Gasteiger partial charge on any atom is 0.303 e. The van der Waals surface area contributed by atoms with Crippen LogP contribution in [0, 0.1) is 0 Å². The standard InChI is InChI=1S/C30H36O2/c31-28(32)16-11-9-7-5-3-1-2-4-6-8-10-13-23-17-18-26-20-19-24-14-12-15-25-21-22-27(23)30(26)29(24)25/h12,14-15,17-22H,1-11,13,16H2,(H,31,32). The molecule has 0 unspecified atom stereocenters. The summed E-state index contributed by atoms with van der Waals surface area (Å²) in [6.45, 7) is 0. The van der Waals surface area contributed by atoms with Crippen LogP contribution in [-0.2, 0) is 11.2 Å². The number of carbonyl (C=O) groups is 1. The van der Waals surface area contributed by atoms with Crippen LogP contribution in [0.25, 0.3) is 32.3 Å². The van der Waals surface area contributed by atoms with Gasteiger partial charge in [-0.05, 0) is 57.1 Å². The summed E-state index contributed by atoms with van der Waals surface area (Å²) >= 11 is 0. The molecule has 0 atom stereocenters. The summed E-state index contributed by atoms with van der Waals surface area (Å²) in [4.78, 5) is 10.5. The number of hydrogen-bond donors (Lipinski definition) is 1. The summed E-state index contributed by atoms with van der Waals surface area (Å²) in [5, 5.41) is 17.0.